The van der Waals surface area contributed by atoms with Crippen LogP contribution in [0.25, 0.3) is 0 Å². The molecule has 0 spiro atoms. The monoisotopic (exact) mass is 194 g/mol. The number of hydrogen-bond donors (Lipinski definition) is 0. The Morgan fingerprint density at radius 3 is 1.45 bits per heavy atom. The summed E-state index contributed by atoms with van der Waals surface area (Å²) in [6.07, 6.45) is 3.87. The van der Waals surface area contributed by atoms with Crippen LogP contribution in [0.15, 0.2) is 25.3 Å². The Morgan fingerprint density at radius 1 is 1.00 bits per heavy atom. The van der Waals surface area contributed by atoms with Gasteiger partial charge in [0.05, 0.1) is 0 Å². The Bertz CT molecular complexity index is 74.2. The predicted octanol–water partition coefficient (Wildman–Crippen LogP) is 1.48. The minimum Gasteiger partial charge on any atom is -0.281 e. The molecular formula is C8H10FeO2. The van der Waals surface area contributed by atoms with Gasteiger partial charge in [0.15, 0.2) is 0 Å². The molecule has 0 unspecified atom stereocenters. The quantitative estimate of drug-likeness (QED) is 0.386. The van der Waals surface area contributed by atoms with E-state index in [9.17, 15) is 0 Å². The SMILES string of the molecule is C=C[CH2][Fe][CH2]C=C.[C]=O.[C]=O. The van der Waals surface area contributed by atoms with Crippen molar-refractivity contribution in [2.24, 2.45) is 0 Å². The van der Waals surface area contributed by atoms with Crippen molar-refractivity contribution in [2.75, 3.05) is 0 Å². The van der Waals surface area contributed by atoms with Gasteiger partial charge in [0, 0.05) is 0 Å². The van der Waals surface area contributed by atoms with E-state index in [-0.39, 0.29) is 0 Å². The molecule has 0 aromatic rings. The molecule has 0 aliphatic rings. The third kappa shape index (κ3) is 45.1. The topological polar surface area (TPSA) is 34.1 Å². The van der Waals surface area contributed by atoms with Crippen molar-refractivity contribution >= 4 is 13.6 Å². The summed E-state index contributed by atoms with van der Waals surface area (Å²) in [7, 11) is 0. The van der Waals surface area contributed by atoms with Crippen LogP contribution in [0.3, 0.4) is 0 Å². The molecule has 0 aromatic carbocycles. The van der Waals surface area contributed by atoms with E-state index in [1.54, 1.807) is 0 Å². The van der Waals surface area contributed by atoms with E-state index >= 15 is 0 Å². The Hall–Kier alpha value is -0.661. The second-order valence-electron chi connectivity index (χ2n) is 1.04. The molecule has 0 bridgehead atoms. The molecule has 0 atom stereocenters. The maximum Gasteiger partial charge on any atom is 0.281 e. The van der Waals surface area contributed by atoms with Gasteiger partial charge in [0.25, 0.3) is 13.6 Å². The molecule has 3 heteroatoms. The maximum atomic E-state index is 7.50. The zero-order valence-corrected chi connectivity index (χ0v) is 7.26. The van der Waals surface area contributed by atoms with E-state index in [1.165, 1.54) is 15.0 Å². The molecular weight excluding hydrogens is 184 g/mol. The first-order valence-corrected chi connectivity index (χ1v) is 4.10. The van der Waals surface area contributed by atoms with E-state index in [0.29, 0.717) is 0 Å². The zero-order chi connectivity index (χ0) is 9.54. The number of hydrogen-bond acceptors (Lipinski definition) is 2. The van der Waals surface area contributed by atoms with Crippen molar-refractivity contribution in [1.29, 1.82) is 0 Å². The van der Waals surface area contributed by atoms with Gasteiger partial charge in [0.1, 0.15) is 0 Å². The number of allylic oxidation sites excluding steroid dienone is 2. The minimum atomic E-state index is 1.12. The van der Waals surface area contributed by atoms with Gasteiger partial charge in [0.2, 0.25) is 0 Å². The molecule has 0 aliphatic heterocycles. The van der Waals surface area contributed by atoms with Gasteiger partial charge in [-0.2, -0.15) is 0 Å². The van der Waals surface area contributed by atoms with Crippen LogP contribution in [0, 0.1) is 0 Å². The van der Waals surface area contributed by atoms with E-state index in [1.807, 2.05) is 12.2 Å². The third-order valence-corrected chi connectivity index (χ3v) is 1.68. The molecule has 0 amide bonds. The van der Waals surface area contributed by atoms with Gasteiger partial charge in [-0.25, -0.2) is 0 Å². The van der Waals surface area contributed by atoms with Gasteiger partial charge >= 0.3 is 50.9 Å². The summed E-state index contributed by atoms with van der Waals surface area (Å²) in [4.78, 5) is 15.0. The first kappa shape index (κ1) is 16.7. The van der Waals surface area contributed by atoms with Crippen LogP contribution in [0.5, 0.6) is 0 Å². The van der Waals surface area contributed by atoms with Crippen LogP contribution in [0.2, 0.25) is 10.6 Å². The van der Waals surface area contributed by atoms with Crippen molar-refractivity contribution in [3.05, 3.63) is 25.3 Å². The summed E-state index contributed by atoms with van der Waals surface area (Å²) >= 11 is 1.20. The largest absolute Gasteiger partial charge is 0.281 e. The Kier molecular flexibility index (Phi) is 52.5. The second kappa shape index (κ2) is 34.5. The van der Waals surface area contributed by atoms with Gasteiger partial charge in [-0.3, -0.25) is 9.59 Å². The van der Waals surface area contributed by atoms with Gasteiger partial charge < -0.3 is 0 Å². The summed E-state index contributed by atoms with van der Waals surface area (Å²) in [5.41, 5.74) is 0. The van der Waals surface area contributed by atoms with Crippen LogP contribution in [0.1, 0.15) is 0 Å². The van der Waals surface area contributed by atoms with Crippen molar-refractivity contribution in [3.8, 4) is 0 Å². The summed E-state index contributed by atoms with van der Waals surface area (Å²) in [6.45, 7) is 16.2. The van der Waals surface area contributed by atoms with Crippen molar-refractivity contribution in [2.45, 2.75) is 10.6 Å². The second-order valence-corrected chi connectivity index (χ2v) is 2.50. The molecule has 4 radical (unpaired) electrons. The van der Waals surface area contributed by atoms with E-state index in [0.717, 1.165) is 10.6 Å². The van der Waals surface area contributed by atoms with Gasteiger partial charge in [-0.05, 0) is 0 Å². The number of carbonyl (C=O) groups excluding carboxylic acids is 2. The zero-order valence-electron chi connectivity index (χ0n) is 6.15. The fourth-order valence-corrected chi connectivity index (χ4v) is 0.838. The molecule has 0 aliphatic carbocycles. The van der Waals surface area contributed by atoms with Gasteiger partial charge in [-0.1, -0.05) is 0 Å². The van der Waals surface area contributed by atoms with Crippen molar-refractivity contribution < 1.29 is 24.5 Å². The summed E-state index contributed by atoms with van der Waals surface area (Å²) in [5.74, 6) is 0. The molecule has 0 rings (SSSR count). The van der Waals surface area contributed by atoms with Crippen molar-refractivity contribution in [1.82, 2.24) is 0 Å². The molecule has 2 nitrogen and oxygen atoms in total. The Morgan fingerprint density at radius 2 is 1.27 bits per heavy atom. The summed E-state index contributed by atoms with van der Waals surface area (Å²) < 4.78 is 0. The molecule has 0 fully saturated rings. The van der Waals surface area contributed by atoms with Crippen LogP contribution >= 0.6 is 0 Å². The third-order valence-electron chi connectivity index (χ3n) is 0.408. The fraction of sp³-hybridized carbons (Fsp3) is 0.250. The fourth-order valence-electron chi connectivity index (χ4n) is 0.203. The average Bonchev–Trinajstić information content (AvgIpc) is 2.13. The normalized spacial score (nSPS) is 6.18. The molecule has 0 heterocycles. The average molecular weight is 194 g/mol. The standard InChI is InChI=1S/2C3H5.2CO.Fe/c2*1-3-2;2*1-2;/h2*3H,1-2H2;;;. The molecule has 0 saturated carbocycles. The Balaban J connectivity index is -0.000000138. The maximum absolute atomic E-state index is 7.50. The first-order valence-electron chi connectivity index (χ1n) is 2.54. The minimum absolute atomic E-state index is 1.12. The molecule has 0 saturated heterocycles. The van der Waals surface area contributed by atoms with Crippen LogP contribution < -0.4 is 0 Å². The van der Waals surface area contributed by atoms with E-state index in [4.69, 9.17) is 9.59 Å². The van der Waals surface area contributed by atoms with Crippen LogP contribution in [-0.2, 0) is 24.5 Å². The first-order chi connectivity index (χ1) is 5.41. The van der Waals surface area contributed by atoms with E-state index < -0.39 is 0 Å². The number of rotatable bonds is 4. The van der Waals surface area contributed by atoms with Crippen LogP contribution in [-0.4, -0.2) is 13.6 Å². The summed E-state index contributed by atoms with van der Waals surface area (Å²) in [5, 5.41) is 2.23. The van der Waals surface area contributed by atoms with Crippen LogP contribution in [0.4, 0.5) is 0 Å². The molecule has 0 N–H and O–H groups in total. The van der Waals surface area contributed by atoms with Gasteiger partial charge in [-0.15, -0.1) is 0 Å². The van der Waals surface area contributed by atoms with Crippen molar-refractivity contribution in [3.63, 3.8) is 0 Å². The smallest absolute Gasteiger partial charge is 0.281 e. The Labute approximate surface area is 74.5 Å². The predicted molar refractivity (Wildman–Crippen MR) is 41.4 cm³/mol. The molecule has 11 heavy (non-hydrogen) atoms. The molecule has 0 aromatic heterocycles. The summed E-state index contributed by atoms with van der Waals surface area (Å²) in [6, 6.07) is 0. The molecule has 62 valence electrons. The van der Waals surface area contributed by atoms with E-state index in [2.05, 4.69) is 26.7 Å².